The van der Waals surface area contributed by atoms with Crippen molar-refractivity contribution in [2.75, 3.05) is 11.1 Å². The Kier molecular flexibility index (Phi) is 5.81. The Bertz CT molecular complexity index is 1150. The van der Waals surface area contributed by atoms with Crippen molar-refractivity contribution < 1.29 is 9.18 Å². The van der Waals surface area contributed by atoms with Gasteiger partial charge in [0.25, 0.3) is 0 Å². The normalized spacial score (nSPS) is 11.0. The number of carbonyl (C=O) groups excluding carboxylic acids is 1. The summed E-state index contributed by atoms with van der Waals surface area (Å²) in [5.41, 5.74) is 2.67. The smallest absolute Gasteiger partial charge is 0.234 e. The molecule has 2 aromatic carbocycles. The van der Waals surface area contributed by atoms with E-state index in [2.05, 4.69) is 41.5 Å². The Balaban J connectivity index is 1.45. The van der Waals surface area contributed by atoms with Gasteiger partial charge in [0.1, 0.15) is 17.2 Å². The second-order valence-corrected chi connectivity index (χ2v) is 7.95. The summed E-state index contributed by atoms with van der Waals surface area (Å²) in [6.07, 6.45) is 1.42. The molecule has 4 aromatic rings. The van der Waals surface area contributed by atoms with Crippen LogP contribution in [0.3, 0.4) is 0 Å². The lowest BCUT2D eigenvalue weighted by Crippen LogP contribution is -2.14. The second kappa shape index (κ2) is 8.66. The highest BCUT2D eigenvalue weighted by Gasteiger charge is 2.14. The SMILES string of the molecule is O=C(CSc1ncnc2c1nnn2Cc1ccc(F)cc1)Nc1ccc(Br)cc1. The number of amides is 1. The van der Waals surface area contributed by atoms with Crippen molar-refractivity contribution in [3.63, 3.8) is 0 Å². The molecule has 0 aliphatic carbocycles. The van der Waals surface area contributed by atoms with Crippen LogP contribution < -0.4 is 5.32 Å². The summed E-state index contributed by atoms with van der Waals surface area (Å²) in [6.45, 7) is 0.405. The quantitative estimate of drug-likeness (QED) is 0.338. The Morgan fingerprint density at radius 2 is 1.86 bits per heavy atom. The van der Waals surface area contributed by atoms with Crippen LogP contribution in [-0.2, 0) is 11.3 Å². The van der Waals surface area contributed by atoms with Crippen LogP contribution in [0.25, 0.3) is 11.2 Å². The molecular formula is C19H14BrFN6OS. The van der Waals surface area contributed by atoms with Gasteiger partial charge in [0.15, 0.2) is 11.2 Å². The molecule has 2 heterocycles. The third kappa shape index (κ3) is 4.77. The Morgan fingerprint density at radius 3 is 2.62 bits per heavy atom. The maximum absolute atomic E-state index is 13.1. The van der Waals surface area contributed by atoms with Crippen LogP contribution in [0.2, 0.25) is 0 Å². The predicted octanol–water partition coefficient (Wildman–Crippen LogP) is 3.90. The molecule has 29 heavy (non-hydrogen) atoms. The highest BCUT2D eigenvalue weighted by atomic mass is 79.9. The van der Waals surface area contributed by atoms with Gasteiger partial charge in [0.2, 0.25) is 5.91 Å². The van der Waals surface area contributed by atoms with E-state index in [1.807, 2.05) is 24.3 Å². The van der Waals surface area contributed by atoms with Crippen molar-refractivity contribution in [2.45, 2.75) is 11.6 Å². The summed E-state index contributed by atoms with van der Waals surface area (Å²) in [7, 11) is 0. The lowest BCUT2D eigenvalue weighted by molar-refractivity contribution is -0.113. The minimum Gasteiger partial charge on any atom is -0.325 e. The number of aromatic nitrogens is 5. The molecule has 0 fully saturated rings. The summed E-state index contributed by atoms with van der Waals surface area (Å²) in [4.78, 5) is 20.7. The van der Waals surface area contributed by atoms with Crippen molar-refractivity contribution in [1.82, 2.24) is 25.0 Å². The van der Waals surface area contributed by atoms with Gasteiger partial charge in [-0.05, 0) is 42.0 Å². The predicted molar refractivity (Wildman–Crippen MR) is 112 cm³/mol. The van der Waals surface area contributed by atoms with Crippen molar-refractivity contribution in [3.05, 3.63) is 70.7 Å². The Labute approximate surface area is 177 Å². The third-order valence-corrected chi connectivity index (χ3v) is 5.49. The monoisotopic (exact) mass is 472 g/mol. The minimum atomic E-state index is -0.292. The van der Waals surface area contributed by atoms with E-state index in [1.165, 1.54) is 30.2 Å². The van der Waals surface area contributed by atoms with Gasteiger partial charge in [-0.15, -0.1) is 5.10 Å². The lowest BCUT2D eigenvalue weighted by Gasteiger charge is -2.05. The van der Waals surface area contributed by atoms with Gasteiger partial charge in [0.05, 0.1) is 12.3 Å². The van der Waals surface area contributed by atoms with E-state index >= 15 is 0 Å². The minimum absolute atomic E-state index is 0.150. The average molecular weight is 473 g/mol. The van der Waals surface area contributed by atoms with Crippen LogP contribution in [0.4, 0.5) is 10.1 Å². The number of rotatable bonds is 6. The molecule has 0 atom stereocenters. The standard InChI is InChI=1S/C19H14BrFN6OS/c20-13-3-7-15(8-4-13)24-16(28)10-29-19-17-18(22-11-23-19)27(26-25-17)9-12-1-5-14(21)6-2-12/h1-8,11H,9-10H2,(H,24,28). The van der Waals surface area contributed by atoms with Crippen LogP contribution in [0.5, 0.6) is 0 Å². The molecule has 1 amide bonds. The molecule has 4 rings (SSSR count). The zero-order valence-corrected chi connectivity index (χ0v) is 17.3. The lowest BCUT2D eigenvalue weighted by atomic mass is 10.2. The third-order valence-electron chi connectivity index (χ3n) is 3.98. The maximum atomic E-state index is 13.1. The number of anilines is 1. The van der Waals surface area contributed by atoms with Crippen molar-refractivity contribution in [2.24, 2.45) is 0 Å². The molecule has 0 aliphatic heterocycles. The number of hydrogen-bond acceptors (Lipinski definition) is 6. The summed E-state index contributed by atoms with van der Waals surface area (Å²) in [5, 5.41) is 11.7. The number of halogens is 2. The van der Waals surface area contributed by atoms with Gasteiger partial charge in [-0.2, -0.15) is 0 Å². The van der Waals surface area contributed by atoms with Crippen LogP contribution in [-0.4, -0.2) is 36.6 Å². The van der Waals surface area contributed by atoms with E-state index in [-0.39, 0.29) is 17.5 Å². The summed E-state index contributed by atoms with van der Waals surface area (Å²) in [6, 6.07) is 13.5. The van der Waals surface area contributed by atoms with Gasteiger partial charge < -0.3 is 5.32 Å². The topological polar surface area (TPSA) is 85.6 Å². The van der Waals surface area contributed by atoms with Gasteiger partial charge in [-0.25, -0.2) is 19.0 Å². The fourth-order valence-corrected chi connectivity index (χ4v) is 3.61. The molecule has 1 N–H and O–H groups in total. The van der Waals surface area contributed by atoms with E-state index in [4.69, 9.17) is 0 Å². The fraction of sp³-hybridized carbons (Fsp3) is 0.105. The number of nitrogens with zero attached hydrogens (tertiary/aromatic N) is 5. The first kappa shape index (κ1) is 19.5. The molecule has 0 saturated heterocycles. The van der Waals surface area contributed by atoms with E-state index in [0.29, 0.717) is 22.7 Å². The zero-order valence-electron chi connectivity index (χ0n) is 14.9. The van der Waals surface area contributed by atoms with Crippen LogP contribution in [0, 0.1) is 5.82 Å². The van der Waals surface area contributed by atoms with Gasteiger partial charge in [-0.1, -0.05) is 45.0 Å². The Hall–Kier alpha value is -2.85. The number of thioether (sulfide) groups is 1. The first-order chi connectivity index (χ1) is 14.1. The number of nitrogens with one attached hydrogen (secondary N) is 1. The highest BCUT2D eigenvalue weighted by Crippen LogP contribution is 2.23. The van der Waals surface area contributed by atoms with E-state index in [0.717, 1.165) is 15.7 Å². The molecule has 146 valence electrons. The molecule has 0 saturated carbocycles. The van der Waals surface area contributed by atoms with Crippen LogP contribution >= 0.6 is 27.7 Å². The van der Waals surface area contributed by atoms with Crippen molar-refractivity contribution in [3.8, 4) is 0 Å². The second-order valence-electron chi connectivity index (χ2n) is 6.07. The molecule has 0 radical (unpaired) electrons. The molecule has 10 heteroatoms. The maximum Gasteiger partial charge on any atom is 0.234 e. The molecule has 7 nitrogen and oxygen atoms in total. The molecular weight excluding hydrogens is 459 g/mol. The first-order valence-electron chi connectivity index (χ1n) is 8.55. The average Bonchev–Trinajstić information content (AvgIpc) is 3.13. The van der Waals surface area contributed by atoms with Gasteiger partial charge in [-0.3, -0.25) is 4.79 Å². The zero-order chi connectivity index (χ0) is 20.2. The Morgan fingerprint density at radius 1 is 1.10 bits per heavy atom. The largest absolute Gasteiger partial charge is 0.325 e. The van der Waals surface area contributed by atoms with Crippen molar-refractivity contribution in [1.29, 1.82) is 0 Å². The van der Waals surface area contributed by atoms with E-state index < -0.39 is 0 Å². The number of benzene rings is 2. The summed E-state index contributed by atoms with van der Waals surface area (Å²) in [5.74, 6) is -0.269. The van der Waals surface area contributed by atoms with Gasteiger partial charge >= 0.3 is 0 Å². The number of hydrogen-bond donors (Lipinski definition) is 1. The van der Waals surface area contributed by atoms with Crippen molar-refractivity contribution >= 4 is 50.5 Å². The molecule has 0 bridgehead atoms. The molecule has 0 spiro atoms. The molecule has 2 aromatic heterocycles. The summed E-state index contributed by atoms with van der Waals surface area (Å²) < 4.78 is 15.6. The molecule has 0 aliphatic rings. The summed E-state index contributed by atoms with van der Waals surface area (Å²) >= 11 is 4.62. The van der Waals surface area contributed by atoms with E-state index in [9.17, 15) is 9.18 Å². The van der Waals surface area contributed by atoms with E-state index in [1.54, 1.807) is 16.8 Å². The van der Waals surface area contributed by atoms with Gasteiger partial charge in [0, 0.05) is 10.2 Å². The molecule has 0 unspecified atom stereocenters. The highest BCUT2D eigenvalue weighted by molar-refractivity contribution is 9.10. The van der Waals surface area contributed by atoms with Crippen LogP contribution in [0.15, 0.2) is 64.4 Å². The number of fused-ring (bicyclic) bond motifs is 1. The van der Waals surface area contributed by atoms with Crippen LogP contribution in [0.1, 0.15) is 5.56 Å². The first-order valence-corrected chi connectivity index (χ1v) is 10.3. The number of carbonyl (C=O) groups is 1. The fourth-order valence-electron chi connectivity index (χ4n) is 2.61.